The Kier molecular flexibility index (Phi) is 2.68. The van der Waals surface area contributed by atoms with Gasteiger partial charge >= 0.3 is 0 Å². The fraction of sp³-hybridized carbons (Fsp3) is 0.333. The van der Waals surface area contributed by atoms with Crippen molar-refractivity contribution >= 4 is 0 Å². The van der Waals surface area contributed by atoms with E-state index in [1.807, 2.05) is 26.1 Å². The Hall–Kier alpha value is -1.06. The average molecular weight is 166 g/mol. The normalized spacial score (nSPS) is 13.3. The predicted molar refractivity (Wildman–Crippen MR) is 48.5 cm³/mol. The SMILES string of the molecule is CC(c1ccc(O)cc1)N(C)N. The number of hydrogen-bond donors (Lipinski definition) is 2. The molecule has 0 radical (unpaired) electrons. The summed E-state index contributed by atoms with van der Waals surface area (Å²) in [6.45, 7) is 2.01. The highest BCUT2D eigenvalue weighted by Gasteiger charge is 2.06. The van der Waals surface area contributed by atoms with Crippen LogP contribution in [0.15, 0.2) is 24.3 Å². The van der Waals surface area contributed by atoms with Gasteiger partial charge in [-0.2, -0.15) is 0 Å². The lowest BCUT2D eigenvalue weighted by molar-refractivity contribution is 0.270. The fourth-order valence-electron chi connectivity index (χ4n) is 0.988. The van der Waals surface area contributed by atoms with E-state index in [1.165, 1.54) is 0 Å². The van der Waals surface area contributed by atoms with Gasteiger partial charge in [0.25, 0.3) is 0 Å². The molecule has 0 aliphatic heterocycles. The summed E-state index contributed by atoms with van der Waals surface area (Å²) in [7, 11) is 1.82. The first-order chi connectivity index (χ1) is 5.61. The third-order valence-corrected chi connectivity index (χ3v) is 1.99. The molecule has 1 atom stereocenters. The minimum absolute atomic E-state index is 0.172. The molecule has 3 nitrogen and oxygen atoms in total. The number of phenols is 1. The lowest BCUT2D eigenvalue weighted by Gasteiger charge is -2.19. The monoisotopic (exact) mass is 166 g/mol. The van der Waals surface area contributed by atoms with Crippen molar-refractivity contribution in [3.8, 4) is 5.75 Å². The van der Waals surface area contributed by atoms with E-state index in [0.717, 1.165) is 5.56 Å². The number of phenolic OH excluding ortho intramolecular Hbond substituents is 1. The van der Waals surface area contributed by atoms with Crippen molar-refractivity contribution < 1.29 is 5.11 Å². The number of aromatic hydroxyl groups is 1. The highest BCUT2D eigenvalue weighted by atomic mass is 16.3. The minimum atomic E-state index is 0.172. The van der Waals surface area contributed by atoms with E-state index in [2.05, 4.69) is 0 Å². The highest BCUT2D eigenvalue weighted by molar-refractivity contribution is 5.27. The summed E-state index contributed by atoms with van der Waals surface area (Å²) in [5.74, 6) is 5.86. The van der Waals surface area contributed by atoms with E-state index >= 15 is 0 Å². The van der Waals surface area contributed by atoms with Crippen LogP contribution in [0.1, 0.15) is 18.5 Å². The van der Waals surface area contributed by atoms with E-state index in [1.54, 1.807) is 17.1 Å². The zero-order valence-corrected chi connectivity index (χ0v) is 7.36. The first-order valence-electron chi connectivity index (χ1n) is 3.87. The molecule has 3 N–H and O–H groups in total. The number of rotatable bonds is 2. The molecule has 1 rings (SSSR count). The van der Waals surface area contributed by atoms with Crippen LogP contribution >= 0.6 is 0 Å². The van der Waals surface area contributed by atoms with Crippen LogP contribution in [0.3, 0.4) is 0 Å². The largest absolute Gasteiger partial charge is 0.508 e. The maximum absolute atomic E-state index is 9.03. The molecular formula is C9H14N2O. The van der Waals surface area contributed by atoms with Crippen LogP contribution in [-0.2, 0) is 0 Å². The van der Waals surface area contributed by atoms with Gasteiger partial charge < -0.3 is 5.11 Å². The zero-order chi connectivity index (χ0) is 9.14. The van der Waals surface area contributed by atoms with Crippen LogP contribution in [-0.4, -0.2) is 17.2 Å². The van der Waals surface area contributed by atoms with Gasteiger partial charge in [-0.15, -0.1) is 0 Å². The van der Waals surface area contributed by atoms with Crippen LogP contribution in [0.2, 0.25) is 0 Å². The summed E-state index contributed by atoms with van der Waals surface area (Å²) >= 11 is 0. The van der Waals surface area contributed by atoms with Gasteiger partial charge in [0.2, 0.25) is 0 Å². The van der Waals surface area contributed by atoms with Gasteiger partial charge in [-0.05, 0) is 24.6 Å². The van der Waals surface area contributed by atoms with Crippen molar-refractivity contribution in [2.75, 3.05) is 7.05 Å². The van der Waals surface area contributed by atoms with Crippen molar-refractivity contribution in [3.05, 3.63) is 29.8 Å². The molecule has 1 aromatic carbocycles. The summed E-state index contributed by atoms with van der Waals surface area (Å²) in [5, 5.41) is 10.7. The van der Waals surface area contributed by atoms with Crippen LogP contribution in [0, 0.1) is 0 Å². The van der Waals surface area contributed by atoms with Gasteiger partial charge in [-0.1, -0.05) is 12.1 Å². The molecule has 0 aromatic heterocycles. The molecule has 0 bridgehead atoms. The molecule has 1 aromatic rings. The second kappa shape index (κ2) is 3.56. The Morgan fingerprint density at radius 3 is 2.25 bits per heavy atom. The molecule has 0 aliphatic carbocycles. The standard InChI is InChI=1S/C9H14N2O/c1-7(11(2)10)8-3-5-9(12)6-4-8/h3-7,12H,10H2,1-2H3. The number of nitrogens with zero attached hydrogens (tertiary/aromatic N) is 1. The fourth-order valence-corrected chi connectivity index (χ4v) is 0.988. The molecule has 66 valence electrons. The average Bonchev–Trinajstić information content (AvgIpc) is 2.04. The van der Waals surface area contributed by atoms with Crippen LogP contribution in [0.5, 0.6) is 5.75 Å². The molecule has 0 amide bonds. The van der Waals surface area contributed by atoms with Gasteiger partial charge in [-0.3, -0.25) is 5.84 Å². The molecule has 0 fully saturated rings. The van der Waals surface area contributed by atoms with Gasteiger partial charge in [0.1, 0.15) is 5.75 Å². The summed E-state index contributed by atoms with van der Waals surface area (Å²) in [6, 6.07) is 7.22. The topological polar surface area (TPSA) is 49.5 Å². The van der Waals surface area contributed by atoms with Crippen molar-refractivity contribution in [3.63, 3.8) is 0 Å². The van der Waals surface area contributed by atoms with Crippen molar-refractivity contribution in [2.45, 2.75) is 13.0 Å². The molecule has 0 saturated carbocycles. The van der Waals surface area contributed by atoms with Crippen molar-refractivity contribution in [1.82, 2.24) is 5.01 Å². The number of nitrogens with two attached hydrogens (primary N) is 1. The summed E-state index contributed by atoms with van der Waals surface area (Å²) in [6.07, 6.45) is 0. The lowest BCUT2D eigenvalue weighted by Crippen LogP contribution is -2.28. The third-order valence-electron chi connectivity index (χ3n) is 1.99. The van der Waals surface area contributed by atoms with E-state index in [9.17, 15) is 0 Å². The van der Waals surface area contributed by atoms with Crippen LogP contribution in [0.4, 0.5) is 0 Å². The molecule has 12 heavy (non-hydrogen) atoms. The lowest BCUT2D eigenvalue weighted by atomic mass is 10.1. The van der Waals surface area contributed by atoms with Crippen molar-refractivity contribution in [1.29, 1.82) is 0 Å². The molecule has 3 heteroatoms. The minimum Gasteiger partial charge on any atom is -0.508 e. The van der Waals surface area contributed by atoms with E-state index < -0.39 is 0 Å². The molecule has 0 spiro atoms. The third kappa shape index (κ3) is 1.96. The first kappa shape index (κ1) is 9.03. The summed E-state index contributed by atoms with van der Waals surface area (Å²) in [4.78, 5) is 0. The van der Waals surface area contributed by atoms with Crippen LogP contribution in [0.25, 0.3) is 0 Å². The van der Waals surface area contributed by atoms with E-state index in [0.29, 0.717) is 0 Å². The van der Waals surface area contributed by atoms with Crippen molar-refractivity contribution in [2.24, 2.45) is 5.84 Å². The predicted octanol–water partition coefficient (Wildman–Crippen LogP) is 1.26. The maximum Gasteiger partial charge on any atom is 0.115 e. The smallest absolute Gasteiger partial charge is 0.115 e. The van der Waals surface area contributed by atoms with Gasteiger partial charge in [0.05, 0.1) is 0 Å². The molecule has 0 heterocycles. The highest BCUT2D eigenvalue weighted by Crippen LogP contribution is 2.18. The maximum atomic E-state index is 9.03. The van der Waals surface area contributed by atoms with Gasteiger partial charge in [0, 0.05) is 13.1 Å². The zero-order valence-electron chi connectivity index (χ0n) is 7.36. The number of hydrogen-bond acceptors (Lipinski definition) is 3. The van der Waals surface area contributed by atoms with Gasteiger partial charge in [0.15, 0.2) is 0 Å². The van der Waals surface area contributed by atoms with E-state index in [4.69, 9.17) is 10.9 Å². The molecule has 1 unspecified atom stereocenters. The second-order valence-corrected chi connectivity index (χ2v) is 2.93. The Morgan fingerprint density at radius 2 is 1.83 bits per heavy atom. The Labute approximate surface area is 72.4 Å². The second-order valence-electron chi connectivity index (χ2n) is 2.93. The Morgan fingerprint density at radius 1 is 1.33 bits per heavy atom. The number of hydrazine groups is 1. The van der Waals surface area contributed by atoms with Gasteiger partial charge in [-0.25, -0.2) is 5.01 Å². The Bertz CT molecular complexity index is 243. The van der Waals surface area contributed by atoms with E-state index in [-0.39, 0.29) is 11.8 Å². The van der Waals surface area contributed by atoms with Crippen LogP contribution < -0.4 is 5.84 Å². The Balaban J connectivity index is 2.82. The summed E-state index contributed by atoms with van der Waals surface area (Å²) in [5.41, 5.74) is 1.10. The first-order valence-corrected chi connectivity index (χ1v) is 3.87. The summed E-state index contributed by atoms with van der Waals surface area (Å²) < 4.78 is 0. The molecule has 0 aliphatic rings. The quantitative estimate of drug-likeness (QED) is 0.513. The number of benzene rings is 1. The molecular weight excluding hydrogens is 152 g/mol. The molecule has 0 saturated heterocycles.